The quantitative estimate of drug-likeness (QED) is 0.482. The van der Waals surface area contributed by atoms with E-state index in [0.29, 0.717) is 10.6 Å². The van der Waals surface area contributed by atoms with Crippen LogP contribution in [0.2, 0.25) is 0 Å². The summed E-state index contributed by atoms with van der Waals surface area (Å²) >= 11 is 1.30. The van der Waals surface area contributed by atoms with E-state index in [0.717, 1.165) is 16.8 Å². The van der Waals surface area contributed by atoms with Gasteiger partial charge in [-0.2, -0.15) is 0 Å². The Bertz CT molecular complexity index is 1200. The Morgan fingerprint density at radius 1 is 1.00 bits per heavy atom. The number of rotatable bonds is 5. The molecule has 1 N–H and O–H groups in total. The molecule has 1 aliphatic heterocycles. The molecule has 3 aromatic rings. The number of anilines is 2. The van der Waals surface area contributed by atoms with Gasteiger partial charge in [0.1, 0.15) is 0 Å². The van der Waals surface area contributed by atoms with E-state index >= 15 is 0 Å². The molecular weight excluding hydrogens is 432 g/mol. The number of benzene rings is 2. The molecule has 1 amide bonds. The lowest BCUT2D eigenvalue weighted by atomic mass is 9.85. The van der Waals surface area contributed by atoms with Crippen LogP contribution in [0.15, 0.2) is 77.4 Å². The summed E-state index contributed by atoms with van der Waals surface area (Å²) in [6.07, 6.45) is 0. The van der Waals surface area contributed by atoms with E-state index in [1.165, 1.54) is 16.2 Å². The first kappa shape index (κ1) is 22.8. The minimum atomic E-state index is -0.716. The number of thiophene rings is 1. The lowest BCUT2D eigenvalue weighted by molar-refractivity contribution is -0.117. The lowest BCUT2D eigenvalue weighted by Gasteiger charge is -2.28. The Labute approximate surface area is 198 Å². The number of ketones is 1. The van der Waals surface area contributed by atoms with Crippen LogP contribution in [0.4, 0.5) is 11.4 Å². The lowest BCUT2D eigenvalue weighted by Crippen LogP contribution is -2.31. The third-order valence-corrected chi connectivity index (χ3v) is 6.80. The molecule has 5 nitrogen and oxygen atoms in total. The summed E-state index contributed by atoms with van der Waals surface area (Å²) in [5, 5.41) is 12.7. The zero-order chi connectivity index (χ0) is 23.9. The summed E-state index contributed by atoms with van der Waals surface area (Å²) in [6, 6.07) is 18.2. The molecule has 1 aliphatic rings. The molecule has 0 radical (unpaired) electrons. The van der Waals surface area contributed by atoms with Crippen molar-refractivity contribution in [3.63, 3.8) is 0 Å². The number of hydrogen-bond donors (Lipinski definition) is 1. The van der Waals surface area contributed by atoms with Gasteiger partial charge in [-0.1, -0.05) is 51.1 Å². The van der Waals surface area contributed by atoms with Gasteiger partial charge in [-0.25, -0.2) is 0 Å². The number of Topliss-reactive ketones (excluding diaryl/α,β-unsaturated/α-hetero) is 1. The summed E-state index contributed by atoms with van der Waals surface area (Å²) in [4.78, 5) is 30.7. The van der Waals surface area contributed by atoms with Crippen LogP contribution in [0.25, 0.3) is 0 Å². The van der Waals surface area contributed by atoms with Gasteiger partial charge in [-0.3, -0.25) is 14.5 Å². The molecule has 1 atom stereocenters. The highest BCUT2D eigenvalue weighted by Crippen LogP contribution is 2.43. The van der Waals surface area contributed by atoms with Crippen molar-refractivity contribution in [3.05, 3.63) is 93.4 Å². The van der Waals surface area contributed by atoms with Gasteiger partial charge in [-0.15, -0.1) is 11.3 Å². The van der Waals surface area contributed by atoms with Crippen LogP contribution in [-0.2, 0) is 10.2 Å². The van der Waals surface area contributed by atoms with Crippen molar-refractivity contribution in [2.24, 2.45) is 0 Å². The second kappa shape index (κ2) is 8.52. The van der Waals surface area contributed by atoms with Crippen LogP contribution in [-0.4, -0.2) is 30.9 Å². The molecule has 4 rings (SSSR count). The largest absolute Gasteiger partial charge is 0.503 e. The maximum absolute atomic E-state index is 13.4. The topological polar surface area (TPSA) is 60.9 Å². The van der Waals surface area contributed by atoms with Gasteiger partial charge < -0.3 is 10.0 Å². The van der Waals surface area contributed by atoms with E-state index in [9.17, 15) is 14.7 Å². The van der Waals surface area contributed by atoms with Crippen molar-refractivity contribution >= 4 is 34.4 Å². The van der Waals surface area contributed by atoms with E-state index in [1.54, 1.807) is 12.1 Å². The van der Waals surface area contributed by atoms with Crippen LogP contribution in [0.3, 0.4) is 0 Å². The van der Waals surface area contributed by atoms with Crippen LogP contribution in [0, 0.1) is 0 Å². The molecule has 0 fully saturated rings. The Morgan fingerprint density at radius 2 is 1.64 bits per heavy atom. The molecule has 0 bridgehead atoms. The maximum Gasteiger partial charge on any atom is 0.294 e. The third-order valence-electron chi connectivity index (χ3n) is 5.93. The highest BCUT2D eigenvalue weighted by atomic mass is 32.1. The molecule has 6 heteroatoms. The van der Waals surface area contributed by atoms with Crippen LogP contribution in [0.5, 0.6) is 0 Å². The van der Waals surface area contributed by atoms with Gasteiger partial charge in [-0.05, 0) is 52.3 Å². The van der Waals surface area contributed by atoms with Crippen molar-refractivity contribution in [2.75, 3.05) is 23.9 Å². The smallest absolute Gasteiger partial charge is 0.294 e. The Kier molecular flexibility index (Phi) is 5.89. The molecule has 170 valence electrons. The van der Waals surface area contributed by atoms with Gasteiger partial charge >= 0.3 is 0 Å². The summed E-state index contributed by atoms with van der Waals surface area (Å²) < 4.78 is 0. The van der Waals surface area contributed by atoms with E-state index < -0.39 is 17.7 Å². The van der Waals surface area contributed by atoms with Crippen molar-refractivity contribution in [3.8, 4) is 0 Å². The number of aliphatic hydroxyl groups excluding tert-OH is 1. The predicted molar refractivity (Wildman–Crippen MR) is 134 cm³/mol. The fraction of sp³-hybridized carbons (Fsp3) is 0.259. The maximum atomic E-state index is 13.4. The molecule has 2 heterocycles. The first-order valence-electron chi connectivity index (χ1n) is 10.8. The first-order chi connectivity index (χ1) is 15.6. The van der Waals surface area contributed by atoms with E-state index in [1.807, 2.05) is 72.9 Å². The molecular formula is C27H28N2O3S. The Balaban J connectivity index is 1.84. The number of carbonyl (C=O) groups is 2. The highest BCUT2D eigenvalue weighted by molar-refractivity contribution is 7.12. The second-order valence-electron chi connectivity index (χ2n) is 9.43. The molecule has 2 aromatic carbocycles. The monoisotopic (exact) mass is 460 g/mol. The van der Waals surface area contributed by atoms with Gasteiger partial charge in [0, 0.05) is 25.5 Å². The SMILES string of the molecule is CN(C)c1ccc(N2C(=O)C(O)=C(C(=O)c3cccs3)C2c2ccc(C(C)(C)C)cc2)cc1. The van der Waals surface area contributed by atoms with E-state index in [2.05, 4.69) is 20.8 Å². The van der Waals surface area contributed by atoms with Crippen molar-refractivity contribution in [1.29, 1.82) is 0 Å². The summed E-state index contributed by atoms with van der Waals surface area (Å²) in [5.74, 6) is -1.39. The fourth-order valence-corrected chi connectivity index (χ4v) is 4.71. The van der Waals surface area contributed by atoms with Crippen LogP contribution < -0.4 is 9.80 Å². The average molecular weight is 461 g/mol. The standard InChI is InChI=1S/C27H28N2O3S/c1-27(2,3)18-10-8-17(9-11-18)23-22(24(30)21-7-6-16-33-21)25(31)26(32)29(23)20-14-12-19(13-15-20)28(4)5/h6-16,23,31H,1-5H3. The van der Waals surface area contributed by atoms with Crippen molar-refractivity contribution < 1.29 is 14.7 Å². The molecule has 33 heavy (non-hydrogen) atoms. The minimum absolute atomic E-state index is 0.0285. The summed E-state index contributed by atoms with van der Waals surface area (Å²) in [6.45, 7) is 6.41. The van der Waals surface area contributed by atoms with Crippen molar-refractivity contribution in [1.82, 2.24) is 0 Å². The van der Waals surface area contributed by atoms with E-state index in [-0.39, 0.29) is 16.8 Å². The number of carbonyl (C=O) groups excluding carboxylic acids is 2. The van der Waals surface area contributed by atoms with Crippen LogP contribution >= 0.6 is 11.3 Å². The molecule has 0 saturated carbocycles. The normalized spacial score (nSPS) is 16.5. The molecule has 0 aliphatic carbocycles. The van der Waals surface area contributed by atoms with Gasteiger partial charge in [0.2, 0.25) is 5.78 Å². The van der Waals surface area contributed by atoms with Gasteiger partial charge in [0.05, 0.1) is 16.5 Å². The Hall–Kier alpha value is -3.38. The fourth-order valence-electron chi connectivity index (χ4n) is 4.04. The zero-order valence-electron chi connectivity index (χ0n) is 19.5. The number of hydrogen-bond acceptors (Lipinski definition) is 5. The molecule has 1 unspecified atom stereocenters. The average Bonchev–Trinajstić information content (AvgIpc) is 3.40. The third kappa shape index (κ3) is 4.18. The first-order valence-corrected chi connectivity index (χ1v) is 11.7. The number of aliphatic hydroxyl groups is 1. The molecule has 0 saturated heterocycles. The zero-order valence-corrected chi connectivity index (χ0v) is 20.3. The van der Waals surface area contributed by atoms with Gasteiger partial charge in [0.15, 0.2) is 5.76 Å². The van der Waals surface area contributed by atoms with Crippen molar-refractivity contribution in [2.45, 2.75) is 32.2 Å². The molecule has 0 spiro atoms. The Morgan fingerprint density at radius 3 is 2.15 bits per heavy atom. The number of nitrogens with zero attached hydrogens (tertiary/aromatic N) is 2. The van der Waals surface area contributed by atoms with E-state index in [4.69, 9.17) is 0 Å². The highest BCUT2D eigenvalue weighted by Gasteiger charge is 2.44. The number of amides is 1. The molecule has 1 aromatic heterocycles. The summed E-state index contributed by atoms with van der Waals surface area (Å²) in [7, 11) is 3.89. The minimum Gasteiger partial charge on any atom is -0.503 e. The van der Waals surface area contributed by atoms with Gasteiger partial charge in [0.25, 0.3) is 5.91 Å². The predicted octanol–water partition coefficient (Wildman–Crippen LogP) is 5.89. The second-order valence-corrected chi connectivity index (χ2v) is 10.4. The summed E-state index contributed by atoms with van der Waals surface area (Å²) in [5.41, 5.74) is 3.62. The van der Waals surface area contributed by atoms with Crippen LogP contribution in [0.1, 0.15) is 47.6 Å².